The Morgan fingerprint density at radius 1 is 0.933 bits per heavy atom. The topological polar surface area (TPSA) is 42.0 Å². The predicted octanol–water partition coefficient (Wildman–Crippen LogP) is 5.28. The second-order valence-electron chi connectivity index (χ2n) is 8.37. The average molecular weight is 390 g/mol. The largest absolute Gasteiger partial charge is 0.372 e. The lowest BCUT2D eigenvalue weighted by atomic mass is 9.79. The summed E-state index contributed by atoms with van der Waals surface area (Å²) in [7, 11) is 0. The quantitative estimate of drug-likeness (QED) is 0.374. The maximum absolute atomic E-state index is 12.4. The van der Waals surface area contributed by atoms with Gasteiger partial charge in [-0.2, -0.15) is 0 Å². The number of hydrogen-bond donors (Lipinski definition) is 1. The molecule has 0 amide bonds. The van der Waals surface area contributed by atoms with E-state index in [2.05, 4.69) is 52.8 Å². The smallest absolute Gasteiger partial charge is 0.154 e. The first kappa shape index (κ1) is 17.4. The fraction of sp³-hybridized carbons (Fsp3) is 0.185. The Bertz CT molecular complexity index is 1350. The summed E-state index contributed by atoms with van der Waals surface area (Å²) < 4.78 is 0. The number of nitrogens with zero attached hydrogens (tertiary/aromatic N) is 1. The van der Waals surface area contributed by atoms with E-state index in [1.54, 1.807) is 6.20 Å². The lowest BCUT2D eigenvalue weighted by Gasteiger charge is -2.33. The summed E-state index contributed by atoms with van der Waals surface area (Å²) >= 11 is 0. The SMILES string of the molecule is O=CC1(c2ccc3c(ccc4c5c(ccc43)CCCC5)c2)NC=Cc2cnccc21. The van der Waals surface area contributed by atoms with Gasteiger partial charge in [0.05, 0.1) is 0 Å². The molecule has 0 fully saturated rings. The normalized spacial score (nSPS) is 19.9. The van der Waals surface area contributed by atoms with Crippen molar-refractivity contribution in [3.8, 4) is 0 Å². The molecule has 0 saturated carbocycles. The molecule has 1 aromatic heterocycles. The second-order valence-corrected chi connectivity index (χ2v) is 8.37. The summed E-state index contributed by atoms with van der Waals surface area (Å²) in [6, 6.07) is 17.4. The van der Waals surface area contributed by atoms with Gasteiger partial charge < -0.3 is 5.32 Å². The minimum absolute atomic E-state index is 0.897. The van der Waals surface area contributed by atoms with Crippen LogP contribution in [0.25, 0.3) is 27.6 Å². The molecule has 1 aliphatic carbocycles. The Morgan fingerprint density at radius 3 is 2.73 bits per heavy atom. The Morgan fingerprint density at radius 2 is 1.80 bits per heavy atom. The van der Waals surface area contributed by atoms with Gasteiger partial charge in [0.25, 0.3) is 0 Å². The second kappa shape index (κ2) is 6.53. The van der Waals surface area contributed by atoms with Crippen molar-refractivity contribution in [1.82, 2.24) is 10.3 Å². The van der Waals surface area contributed by atoms with Gasteiger partial charge in [-0.3, -0.25) is 9.78 Å². The molecule has 3 nitrogen and oxygen atoms in total. The van der Waals surface area contributed by atoms with Gasteiger partial charge in [0, 0.05) is 18.0 Å². The van der Waals surface area contributed by atoms with Crippen LogP contribution in [0.2, 0.25) is 0 Å². The fourth-order valence-corrected chi connectivity index (χ4v) is 5.29. The summed E-state index contributed by atoms with van der Waals surface area (Å²) in [5.41, 5.74) is 4.98. The van der Waals surface area contributed by atoms with E-state index in [-0.39, 0.29) is 0 Å². The van der Waals surface area contributed by atoms with Crippen LogP contribution < -0.4 is 5.32 Å². The van der Waals surface area contributed by atoms with Crippen molar-refractivity contribution in [1.29, 1.82) is 0 Å². The van der Waals surface area contributed by atoms with Crippen LogP contribution in [-0.4, -0.2) is 11.3 Å². The summed E-state index contributed by atoms with van der Waals surface area (Å²) in [6.07, 6.45) is 13.3. The van der Waals surface area contributed by atoms with Crippen molar-refractivity contribution in [3.05, 3.63) is 94.9 Å². The first-order valence-corrected chi connectivity index (χ1v) is 10.6. The van der Waals surface area contributed by atoms with Crippen LogP contribution in [0.5, 0.6) is 0 Å². The van der Waals surface area contributed by atoms with E-state index in [0.29, 0.717) is 0 Å². The number of benzene rings is 3. The number of aryl methyl sites for hydroxylation is 2. The van der Waals surface area contributed by atoms with Crippen molar-refractivity contribution in [2.24, 2.45) is 0 Å². The number of aromatic nitrogens is 1. The first-order valence-electron chi connectivity index (χ1n) is 10.6. The van der Waals surface area contributed by atoms with Crippen LogP contribution >= 0.6 is 0 Å². The fourth-order valence-electron chi connectivity index (χ4n) is 5.29. The van der Waals surface area contributed by atoms with Gasteiger partial charge in [-0.15, -0.1) is 0 Å². The molecule has 4 aromatic rings. The van der Waals surface area contributed by atoms with Crippen LogP contribution in [0.1, 0.15) is 40.7 Å². The molecular formula is C27H22N2O. The summed E-state index contributed by atoms with van der Waals surface area (Å²) in [5.74, 6) is 0. The third-order valence-corrected chi connectivity index (χ3v) is 6.83. The third kappa shape index (κ3) is 2.38. The molecule has 0 bridgehead atoms. The lowest BCUT2D eigenvalue weighted by molar-refractivity contribution is -0.112. The number of aldehydes is 1. The number of rotatable bonds is 2. The van der Waals surface area contributed by atoms with E-state index in [9.17, 15) is 4.79 Å². The van der Waals surface area contributed by atoms with E-state index >= 15 is 0 Å². The molecule has 3 heteroatoms. The first-order chi connectivity index (χ1) is 14.8. The average Bonchev–Trinajstić information content (AvgIpc) is 2.82. The molecule has 2 aliphatic rings. The van der Waals surface area contributed by atoms with Gasteiger partial charge in [-0.05, 0) is 93.9 Å². The Balaban J connectivity index is 1.56. The van der Waals surface area contributed by atoms with Crippen molar-refractivity contribution >= 4 is 33.9 Å². The van der Waals surface area contributed by atoms with E-state index in [1.807, 2.05) is 24.5 Å². The highest BCUT2D eigenvalue weighted by Crippen LogP contribution is 2.37. The van der Waals surface area contributed by atoms with E-state index in [4.69, 9.17) is 0 Å². The highest BCUT2D eigenvalue weighted by atomic mass is 16.1. The molecule has 0 radical (unpaired) electrons. The summed E-state index contributed by atoms with van der Waals surface area (Å²) in [5, 5.41) is 8.41. The molecular weight excluding hydrogens is 368 g/mol. The molecule has 2 heterocycles. The van der Waals surface area contributed by atoms with E-state index < -0.39 is 5.54 Å². The maximum Gasteiger partial charge on any atom is 0.154 e. The summed E-state index contributed by atoms with van der Waals surface area (Å²) in [6.45, 7) is 0. The Labute approximate surface area is 175 Å². The van der Waals surface area contributed by atoms with E-state index in [1.165, 1.54) is 53.0 Å². The van der Waals surface area contributed by atoms with Crippen LogP contribution in [0.15, 0.2) is 67.1 Å². The van der Waals surface area contributed by atoms with Crippen molar-refractivity contribution < 1.29 is 4.79 Å². The Hall–Kier alpha value is -3.46. The van der Waals surface area contributed by atoms with Crippen LogP contribution in [0.4, 0.5) is 0 Å². The Kier molecular flexibility index (Phi) is 3.79. The molecule has 1 unspecified atom stereocenters. The highest BCUT2D eigenvalue weighted by molar-refractivity contribution is 6.09. The number of pyridine rings is 1. The zero-order valence-corrected chi connectivity index (χ0v) is 16.7. The van der Waals surface area contributed by atoms with Gasteiger partial charge in [-0.1, -0.05) is 36.4 Å². The molecule has 146 valence electrons. The zero-order valence-electron chi connectivity index (χ0n) is 16.7. The highest BCUT2D eigenvalue weighted by Gasteiger charge is 2.36. The molecule has 6 rings (SSSR count). The van der Waals surface area contributed by atoms with Crippen LogP contribution in [-0.2, 0) is 23.2 Å². The number of carbonyl (C=O) groups is 1. The minimum atomic E-state index is -0.897. The van der Waals surface area contributed by atoms with Crippen LogP contribution in [0, 0.1) is 0 Å². The third-order valence-electron chi connectivity index (χ3n) is 6.83. The lowest BCUT2D eigenvalue weighted by Crippen LogP contribution is -2.44. The van der Waals surface area contributed by atoms with E-state index in [0.717, 1.165) is 28.4 Å². The maximum atomic E-state index is 12.4. The number of fused-ring (bicyclic) bond motifs is 6. The van der Waals surface area contributed by atoms with Gasteiger partial charge >= 0.3 is 0 Å². The van der Waals surface area contributed by atoms with Gasteiger partial charge in [0.2, 0.25) is 0 Å². The minimum Gasteiger partial charge on any atom is -0.372 e. The van der Waals surface area contributed by atoms with Crippen molar-refractivity contribution in [2.45, 2.75) is 31.2 Å². The molecule has 1 N–H and O–H groups in total. The van der Waals surface area contributed by atoms with Crippen LogP contribution in [0.3, 0.4) is 0 Å². The number of carbonyl (C=O) groups excluding carboxylic acids is 1. The molecule has 1 atom stereocenters. The molecule has 1 aliphatic heterocycles. The zero-order chi connectivity index (χ0) is 20.1. The molecule has 30 heavy (non-hydrogen) atoms. The standard InChI is InChI=1S/C27H22N2O/c30-17-27(26-12-13-28-16-20(26)11-14-29-27)21-7-10-23-19(15-21)6-9-24-22-4-2-1-3-18(22)5-8-25(23)24/h5-17,29H,1-4H2. The predicted molar refractivity (Wildman–Crippen MR) is 121 cm³/mol. The molecule has 0 spiro atoms. The molecule has 3 aromatic carbocycles. The van der Waals surface area contributed by atoms with Gasteiger partial charge in [0.15, 0.2) is 6.29 Å². The summed E-state index contributed by atoms with van der Waals surface area (Å²) in [4.78, 5) is 16.7. The van der Waals surface area contributed by atoms with Gasteiger partial charge in [-0.25, -0.2) is 0 Å². The molecule has 0 saturated heterocycles. The monoisotopic (exact) mass is 390 g/mol. The number of hydrogen-bond acceptors (Lipinski definition) is 3. The van der Waals surface area contributed by atoms with Crippen molar-refractivity contribution in [3.63, 3.8) is 0 Å². The van der Waals surface area contributed by atoms with Crippen molar-refractivity contribution in [2.75, 3.05) is 0 Å². The number of nitrogens with one attached hydrogen (secondary N) is 1. The van der Waals surface area contributed by atoms with Gasteiger partial charge in [0.1, 0.15) is 5.54 Å².